The van der Waals surface area contributed by atoms with Crippen molar-refractivity contribution in [3.05, 3.63) is 142 Å². The smallest absolute Gasteiger partial charge is 0.257 e. The topological polar surface area (TPSA) is 19.6 Å². The number of fused-ring (bicyclic) bond motifs is 9. The Hall–Kier alpha value is -5.26. The first kappa shape index (κ1) is 51.2. The number of benzene rings is 6. The summed E-state index contributed by atoms with van der Waals surface area (Å²) in [4.78, 5) is 5.37. The second-order valence-corrected chi connectivity index (χ2v) is 36.6. The third-order valence-corrected chi connectivity index (χ3v) is 26.2. The first-order valence-electron chi connectivity index (χ1n) is 29.6. The minimum Gasteiger partial charge on any atom is -0.440 e. The van der Waals surface area contributed by atoms with Gasteiger partial charge in [0.25, 0.3) is 6.71 Å². The maximum absolute atomic E-state index is 7.72. The zero-order valence-corrected chi connectivity index (χ0v) is 51.7. The Bertz CT molecular complexity index is 3670. The highest BCUT2D eigenvalue weighted by Gasteiger charge is 2.55. The molecule has 1 atom stereocenters. The molecule has 7 aromatic rings. The van der Waals surface area contributed by atoms with Gasteiger partial charge < -0.3 is 9.32 Å². The standard InChI is InChI=1S/C72H87BN2OSi/c1-65(2,3)43-23-25-45(26-24-43)74-58-33-44(66(4,5)6)34-59-63(58)73(62-48-36-50-53(40-60(48)76-64(62)74)70(13,14)32-30-68(50,9)10)55-37-51-54-39-57(55)75(59)56-38-52-49(67(7,8)29-31-69(52,11)12)35-47(56)42-21-27-46(28-22-42)77(19,20)61(72(54,17)18)41-71(51,15)16/h21-28,33-40,61H,29-32,41H2,1-20H3. The molecule has 3 aliphatic carbocycles. The maximum Gasteiger partial charge on any atom is 0.257 e. The minimum absolute atomic E-state index is 0.00552. The summed E-state index contributed by atoms with van der Waals surface area (Å²) in [6.07, 6.45) is 5.80. The number of hydrogen-bond acceptors (Lipinski definition) is 3. The quantitative estimate of drug-likeness (QED) is 0.153. The van der Waals surface area contributed by atoms with Crippen molar-refractivity contribution < 1.29 is 4.42 Å². The summed E-state index contributed by atoms with van der Waals surface area (Å²) in [7, 11) is -2.08. The molecule has 5 bridgehead atoms. The Kier molecular flexibility index (Phi) is 10.3. The van der Waals surface area contributed by atoms with Crippen LogP contribution in [-0.2, 0) is 43.3 Å². The molecule has 7 aliphatic rings. The number of hydrogen-bond donors (Lipinski definition) is 0. The molecule has 77 heavy (non-hydrogen) atoms. The van der Waals surface area contributed by atoms with Gasteiger partial charge in [-0.15, -0.1) is 0 Å². The van der Waals surface area contributed by atoms with Crippen LogP contribution in [0, 0.1) is 0 Å². The monoisotopic (exact) mass is 1030 g/mol. The lowest BCUT2D eigenvalue weighted by atomic mass is 9.33. The lowest BCUT2D eigenvalue weighted by Gasteiger charge is -2.54. The van der Waals surface area contributed by atoms with E-state index in [0.717, 1.165) is 42.8 Å². The van der Waals surface area contributed by atoms with Gasteiger partial charge in [0, 0.05) is 39.2 Å². The van der Waals surface area contributed by atoms with E-state index in [1.165, 1.54) is 107 Å². The molecule has 0 spiro atoms. The molecule has 3 nitrogen and oxygen atoms in total. The second-order valence-electron chi connectivity index (χ2n) is 31.9. The van der Waals surface area contributed by atoms with E-state index >= 15 is 0 Å². The Labute approximate surface area is 464 Å². The van der Waals surface area contributed by atoms with E-state index in [4.69, 9.17) is 4.42 Å². The molecular weight excluding hydrogens is 948 g/mol. The first-order chi connectivity index (χ1) is 35.6. The number of nitrogens with zero attached hydrogens (tertiary/aromatic N) is 2. The molecule has 398 valence electrons. The molecule has 1 aromatic heterocycles. The number of rotatable bonds is 1. The predicted octanol–water partition coefficient (Wildman–Crippen LogP) is 17.7. The number of anilines is 6. The summed E-state index contributed by atoms with van der Waals surface area (Å²) >= 11 is 0. The van der Waals surface area contributed by atoms with Crippen molar-refractivity contribution in [1.82, 2.24) is 0 Å². The van der Waals surface area contributed by atoms with Gasteiger partial charge in [-0.25, -0.2) is 0 Å². The SMILES string of the molecule is CC(C)(C)c1ccc(N2c3cc(C(C)(C)C)cc4c3B(c3cc5c6cc3N4c3cc4c(cc3-c3ccc(cc3)[Si](C)(C)C(CC5(C)C)C6(C)C)C(C)(C)CCC4(C)C)c3c2oc2cc4c(cc32)C(C)(C)CCC4(C)C)cc1. The van der Waals surface area contributed by atoms with Crippen molar-refractivity contribution in [3.8, 4) is 11.1 Å². The highest BCUT2D eigenvalue weighted by Crippen LogP contribution is 2.60. The van der Waals surface area contributed by atoms with Crippen LogP contribution in [0.25, 0.3) is 22.1 Å². The third kappa shape index (κ3) is 7.18. The first-order valence-corrected chi connectivity index (χ1v) is 32.7. The summed E-state index contributed by atoms with van der Waals surface area (Å²) in [5, 5.41) is 2.83. The minimum atomic E-state index is -2.08. The molecule has 0 saturated heterocycles. The molecule has 6 aromatic carbocycles. The van der Waals surface area contributed by atoms with Gasteiger partial charge in [-0.3, -0.25) is 4.90 Å². The van der Waals surface area contributed by atoms with E-state index in [0.29, 0.717) is 5.54 Å². The summed E-state index contributed by atoms with van der Waals surface area (Å²) in [5.41, 5.74) is 25.9. The van der Waals surface area contributed by atoms with Crippen molar-refractivity contribution in [2.75, 3.05) is 9.80 Å². The van der Waals surface area contributed by atoms with Gasteiger partial charge in [0.2, 0.25) is 5.88 Å². The van der Waals surface area contributed by atoms with E-state index < -0.39 is 8.07 Å². The van der Waals surface area contributed by atoms with E-state index in [1.54, 1.807) is 5.19 Å². The number of furan rings is 1. The molecule has 0 radical (unpaired) electrons. The predicted molar refractivity (Wildman–Crippen MR) is 335 cm³/mol. The van der Waals surface area contributed by atoms with Crippen molar-refractivity contribution in [2.45, 2.75) is 219 Å². The normalized spacial score (nSPS) is 22.0. The van der Waals surface area contributed by atoms with Crippen LogP contribution in [0.1, 0.15) is 201 Å². The van der Waals surface area contributed by atoms with Gasteiger partial charge in [0.05, 0.1) is 13.8 Å². The summed E-state index contributed by atoms with van der Waals surface area (Å²) < 4.78 is 7.72. The summed E-state index contributed by atoms with van der Waals surface area (Å²) in [6, 6.07) is 40.8. The molecule has 0 N–H and O–H groups in total. The van der Waals surface area contributed by atoms with Crippen LogP contribution < -0.4 is 31.4 Å². The van der Waals surface area contributed by atoms with Crippen LogP contribution in [0.4, 0.5) is 34.3 Å². The lowest BCUT2D eigenvalue weighted by molar-refractivity contribution is 0.325. The van der Waals surface area contributed by atoms with Gasteiger partial charge in [-0.2, -0.15) is 0 Å². The lowest BCUT2D eigenvalue weighted by Crippen LogP contribution is -2.62. The largest absolute Gasteiger partial charge is 0.440 e. The van der Waals surface area contributed by atoms with Gasteiger partial charge >= 0.3 is 0 Å². The third-order valence-electron chi connectivity index (χ3n) is 21.7. The van der Waals surface area contributed by atoms with Crippen molar-refractivity contribution in [3.63, 3.8) is 0 Å². The molecule has 5 heteroatoms. The average molecular weight is 1040 g/mol. The van der Waals surface area contributed by atoms with Gasteiger partial charge in [-0.05, 0) is 197 Å². The van der Waals surface area contributed by atoms with Crippen LogP contribution in [0.15, 0.2) is 101 Å². The zero-order chi connectivity index (χ0) is 55.1. The molecular formula is C72H87BN2OSi. The van der Waals surface area contributed by atoms with Crippen LogP contribution in [0.5, 0.6) is 0 Å². The molecule has 0 saturated carbocycles. The van der Waals surface area contributed by atoms with Gasteiger partial charge in [0.15, 0.2) is 0 Å². The van der Waals surface area contributed by atoms with Crippen molar-refractivity contribution in [2.24, 2.45) is 0 Å². The highest BCUT2D eigenvalue weighted by molar-refractivity contribution is 7.01. The van der Waals surface area contributed by atoms with E-state index in [9.17, 15) is 0 Å². The maximum atomic E-state index is 7.72. The van der Waals surface area contributed by atoms with Crippen LogP contribution in [0.3, 0.4) is 0 Å². The van der Waals surface area contributed by atoms with Crippen molar-refractivity contribution >= 4 is 81.7 Å². The summed E-state index contributed by atoms with van der Waals surface area (Å²) in [6.45, 7) is 49.7. The molecule has 4 aliphatic heterocycles. The van der Waals surface area contributed by atoms with E-state index in [2.05, 4.69) is 245 Å². The molecule has 0 fully saturated rings. The highest BCUT2D eigenvalue weighted by atomic mass is 28.3. The fourth-order valence-corrected chi connectivity index (χ4v) is 20.7. The molecule has 5 heterocycles. The van der Waals surface area contributed by atoms with Crippen LogP contribution >= 0.6 is 0 Å². The Morgan fingerprint density at radius 1 is 0.494 bits per heavy atom. The molecule has 14 rings (SSSR count). The Morgan fingerprint density at radius 2 is 1.00 bits per heavy atom. The zero-order valence-electron chi connectivity index (χ0n) is 50.7. The molecule has 1 unspecified atom stereocenters. The average Bonchev–Trinajstić information content (AvgIpc) is 3.93. The Morgan fingerprint density at radius 3 is 1.57 bits per heavy atom. The van der Waals surface area contributed by atoms with Gasteiger partial charge in [-0.1, -0.05) is 185 Å². The van der Waals surface area contributed by atoms with E-state index in [1.807, 2.05) is 0 Å². The van der Waals surface area contributed by atoms with Gasteiger partial charge in [0.1, 0.15) is 5.58 Å². The molecule has 0 amide bonds. The second kappa shape index (κ2) is 15.6. The van der Waals surface area contributed by atoms with E-state index in [-0.39, 0.29) is 50.0 Å². The van der Waals surface area contributed by atoms with Crippen molar-refractivity contribution in [1.29, 1.82) is 0 Å². The van der Waals surface area contributed by atoms with Crippen LogP contribution in [-0.4, -0.2) is 14.8 Å². The van der Waals surface area contributed by atoms with Crippen LogP contribution in [0.2, 0.25) is 18.6 Å². The summed E-state index contributed by atoms with van der Waals surface area (Å²) in [5.74, 6) is 0.963. The Balaban J connectivity index is 1.24. The fourth-order valence-electron chi connectivity index (χ4n) is 16.3. The fraction of sp³-hybridized carbons (Fsp3) is 0.472.